The molecule has 0 aromatic heterocycles. The number of rotatable bonds is 8. The van der Waals surface area contributed by atoms with Gasteiger partial charge in [-0.1, -0.05) is 26.0 Å². The second-order valence-corrected chi connectivity index (χ2v) is 7.48. The van der Waals surface area contributed by atoms with Crippen molar-refractivity contribution < 1.29 is 13.6 Å². The van der Waals surface area contributed by atoms with Crippen molar-refractivity contribution in [3.8, 4) is 0 Å². The Balaban J connectivity index is 0.00000450. The van der Waals surface area contributed by atoms with Crippen molar-refractivity contribution in [2.24, 2.45) is 10.9 Å². The number of piperidine rings is 1. The number of benzene rings is 1. The Kier molecular flexibility index (Phi) is 12.2. The highest BCUT2D eigenvalue weighted by Crippen LogP contribution is 2.17. The first-order valence-electron chi connectivity index (χ1n) is 10.8. The van der Waals surface area contributed by atoms with Gasteiger partial charge in [-0.25, -0.2) is 8.78 Å². The highest BCUT2D eigenvalue weighted by Gasteiger charge is 2.26. The van der Waals surface area contributed by atoms with Crippen LogP contribution in [0.2, 0.25) is 0 Å². The van der Waals surface area contributed by atoms with Crippen LogP contribution in [0.1, 0.15) is 52.0 Å². The molecule has 1 heterocycles. The highest BCUT2D eigenvalue weighted by molar-refractivity contribution is 14.0. The van der Waals surface area contributed by atoms with Crippen LogP contribution < -0.4 is 10.6 Å². The van der Waals surface area contributed by atoms with Gasteiger partial charge >= 0.3 is 0 Å². The summed E-state index contributed by atoms with van der Waals surface area (Å²) < 4.78 is 27.1. The number of nitrogens with zero attached hydrogens (tertiary/aromatic N) is 2. The van der Waals surface area contributed by atoms with E-state index in [2.05, 4.69) is 29.5 Å². The third kappa shape index (κ3) is 7.67. The van der Waals surface area contributed by atoms with Crippen LogP contribution in [-0.4, -0.2) is 49.0 Å². The van der Waals surface area contributed by atoms with Crippen LogP contribution in [-0.2, 0) is 11.2 Å². The molecule has 1 aromatic carbocycles. The average molecular weight is 536 g/mol. The van der Waals surface area contributed by atoms with E-state index in [-0.39, 0.29) is 41.8 Å². The van der Waals surface area contributed by atoms with Crippen LogP contribution in [0.25, 0.3) is 0 Å². The van der Waals surface area contributed by atoms with Crippen LogP contribution in [0.4, 0.5) is 8.78 Å². The lowest BCUT2D eigenvalue weighted by molar-refractivity contribution is -0.136. The van der Waals surface area contributed by atoms with E-state index < -0.39 is 11.6 Å². The maximum Gasteiger partial charge on any atom is 0.225 e. The van der Waals surface area contributed by atoms with Gasteiger partial charge in [0.1, 0.15) is 0 Å². The maximum atomic E-state index is 13.8. The van der Waals surface area contributed by atoms with Crippen LogP contribution in [0.15, 0.2) is 23.2 Å². The predicted octanol–water partition coefficient (Wildman–Crippen LogP) is 4.11. The van der Waals surface area contributed by atoms with E-state index in [1.54, 1.807) is 6.07 Å². The van der Waals surface area contributed by atoms with E-state index in [9.17, 15) is 13.6 Å². The standard InChI is InChI=1S/C22H34F2N4O.HI/c1-4-16(5-2)21(29)28-14-11-18(12-15-28)27-22(25-6-3)26-13-10-17-8-7-9-19(23)20(17)24;/h7-9,16,18H,4-6,10-15H2,1-3H3,(H2,25,26,27);1H. The molecule has 0 spiro atoms. The number of aliphatic imine (C=N–C) groups is 1. The minimum absolute atomic E-state index is 0. The molecule has 0 atom stereocenters. The first-order chi connectivity index (χ1) is 14.0. The first-order valence-corrected chi connectivity index (χ1v) is 10.8. The Morgan fingerprint density at radius 3 is 2.47 bits per heavy atom. The summed E-state index contributed by atoms with van der Waals surface area (Å²) in [5.74, 6) is -0.553. The predicted molar refractivity (Wildman–Crippen MR) is 128 cm³/mol. The van der Waals surface area contributed by atoms with Gasteiger partial charge in [-0.3, -0.25) is 9.79 Å². The summed E-state index contributed by atoms with van der Waals surface area (Å²) in [5.41, 5.74) is 0.331. The fourth-order valence-electron chi connectivity index (χ4n) is 3.68. The molecule has 1 fully saturated rings. The van der Waals surface area contributed by atoms with E-state index in [0.717, 1.165) is 44.8 Å². The second-order valence-electron chi connectivity index (χ2n) is 7.48. The zero-order chi connectivity index (χ0) is 21.2. The number of carbonyl (C=O) groups excluding carboxylic acids is 1. The fraction of sp³-hybridized carbons (Fsp3) is 0.636. The van der Waals surface area contributed by atoms with Gasteiger partial charge in [-0.2, -0.15) is 0 Å². The molecule has 1 amide bonds. The summed E-state index contributed by atoms with van der Waals surface area (Å²) in [4.78, 5) is 19.0. The lowest BCUT2D eigenvalue weighted by atomic mass is 9.98. The topological polar surface area (TPSA) is 56.7 Å². The molecule has 0 unspecified atom stereocenters. The van der Waals surface area contributed by atoms with E-state index in [4.69, 9.17) is 0 Å². The van der Waals surface area contributed by atoms with Gasteiger partial charge in [0.25, 0.3) is 0 Å². The summed E-state index contributed by atoms with van der Waals surface area (Å²) in [6.07, 6.45) is 3.85. The van der Waals surface area contributed by atoms with E-state index in [0.29, 0.717) is 31.0 Å². The van der Waals surface area contributed by atoms with Crippen LogP contribution in [0, 0.1) is 17.6 Å². The minimum atomic E-state index is -0.828. The molecule has 0 aliphatic carbocycles. The van der Waals surface area contributed by atoms with Gasteiger partial charge in [-0.05, 0) is 50.7 Å². The Bertz CT molecular complexity index is 690. The molecule has 1 aliphatic heterocycles. The summed E-state index contributed by atoms with van der Waals surface area (Å²) in [6.45, 7) is 8.69. The molecule has 1 saturated heterocycles. The van der Waals surface area contributed by atoms with Gasteiger partial charge in [0.15, 0.2) is 17.6 Å². The molecular formula is C22H35F2IN4O. The molecular weight excluding hydrogens is 501 g/mol. The van der Waals surface area contributed by atoms with E-state index >= 15 is 0 Å². The number of halogens is 3. The Labute approximate surface area is 196 Å². The molecule has 0 bridgehead atoms. The molecule has 0 saturated carbocycles. The van der Waals surface area contributed by atoms with Gasteiger partial charge in [0.05, 0.1) is 0 Å². The van der Waals surface area contributed by atoms with Crippen molar-refractivity contribution in [2.45, 2.75) is 58.9 Å². The zero-order valence-corrected chi connectivity index (χ0v) is 20.5. The van der Waals surface area contributed by atoms with Crippen LogP contribution in [0.5, 0.6) is 0 Å². The summed E-state index contributed by atoms with van der Waals surface area (Å²) in [6, 6.07) is 4.46. The van der Waals surface area contributed by atoms with Crippen molar-refractivity contribution in [1.82, 2.24) is 15.5 Å². The summed E-state index contributed by atoms with van der Waals surface area (Å²) >= 11 is 0. The van der Waals surface area contributed by atoms with E-state index in [1.165, 1.54) is 6.07 Å². The lowest BCUT2D eigenvalue weighted by Gasteiger charge is -2.34. The zero-order valence-electron chi connectivity index (χ0n) is 18.2. The number of carbonyl (C=O) groups is 1. The molecule has 170 valence electrons. The van der Waals surface area contributed by atoms with Gasteiger partial charge in [-0.15, -0.1) is 24.0 Å². The molecule has 5 nitrogen and oxygen atoms in total. The van der Waals surface area contributed by atoms with Gasteiger partial charge < -0.3 is 15.5 Å². The first kappa shape index (κ1) is 26.6. The minimum Gasteiger partial charge on any atom is -0.357 e. The molecule has 2 rings (SSSR count). The molecule has 1 aliphatic rings. The van der Waals surface area contributed by atoms with Crippen molar-refractivity contribution in [3.63, 3.8) is 0 Å². The third-order valence-corrected chi connectivity index (χ3v) is 5.51. The van der Waals surface area contributed by atoms with Crippen molar-refractivity contribution >= 4 is 35.8 Å². The largest absolute Gasteiger partial charge is 0.357 e. The molecule has 2 N–H and O–H groups in total. The Morgan fingerprint density at radius 1 is 1.20 bits per heavy atom. The van der Waals surface area contributed by atoms with Gasteiger partial charge in [0, 0.05) is 38.1 Å². The number of likely N-dealkylation sites (tertiary alicyclic amines) is 1. The molecule has 30 heavy (non-hydrogen) atoms. The second kappa shape index (κ2) is 13.8. The Hall–Kier alpha value is -1.45. The van der Waals surface area contributed by atoms with E-state index in [1.807, 2.05) is 11.8 Å². The monoisotopic (exact) mass is 536 g/mol. The number of hydrogen-bond acceptors (Lipinski definition) is 2. The van der Waals surface area contributed by atoms with Gasteiger partial charge in [0.2, 0.25) is 5.91 Å². The number of hydrogen-bond donors (Lipinski definition) is 2. The van der Waals surface area contributed by atoms with Crippen LogP contribution in [0.3, 0.4) is 0 Å². The molecule has 0 radical (unpaired) electrons. The summed E-state index contributed by atoms with van der Waals surface area (Å²) in [5, 5.41) is 6.62. The normalized spacial score (nSPS) is 15.1. The molecule has 8 heteroatoms. The number of amides is 1. The summed E-state index contributed by atoms with van der Waals surface area (Å²) in [7, 11) is 0. The van der Waals surface area contributed by atoms with Crippen molar-refractivity contribution in [2.75, 3.05) is 26.2 Å². The molecule has 1 aromatic rings. The highest BCUT2D eigenvalue weighted by atomic mass is 127. The Morgan fingerprint density at radius 2 is 1.87 bits per heavy atom. The van der Waals surface area contributed by atoms with Crippen molar-refractivity contribution in [3.05, 3.63) is 35.4 Å². The quantitative estimate of drug-likeness (QED) is 0.299. The number of nitrogens with one attached hydrogen (secondary N) is 2. The van der Waals surface area contributed by atoms with Crippen LogP contribution >= 0.6 is 24.0 Å². The SMILES string of the molecule is CCNC(=NCCc1cccc(F)c1F)NC1CCN(C(=O)C(CC)CC)CC1.I. The maximum absolute atomic E-state index is 13.8. The third-order valence-electron chi connectivity index (χ3n) is 5.51. The fourth-order valence-corrected chi connectivity index (χ4v) is 3.68. The average Bonchev–Trinajstić information content (AvgIpc) is 2.72. The smallest absolute Gasteiger partial charge is 0.225 e. The lowest BCUT2D eigenvalue weighted by Crippen LogP contribution is -2.50. The van der Waals surface area contributed by atoms with Crippen molar-refractivity contribution in [1.29, 1.82) is 0 Å². The number of guanidine groups is 1.